The van der Waals surface area contributed by atoms with E-state index < -0.39 is 0 Å². The predicted molar refractivity (Wildman–Crippen MR) is 82.3 cm³/mol. The number of hydrogen-bond donors (Lipinski definition) is 1. The number of halogens is 2. The number of aryl methyl sites for hydroxylation is 1. The van der Waals surface area contributed by atoms with Crippen molar-refractivity contribution in [1.29, 1.82) is 0 Å². The molecule has 0 heterocycles. The average molecular weight is 325 g/mol. The Balaban J connectivity index is 2.09. The van der Waals surface area contributed by atoms with Gasteiger partial charge in [0.1, 0.15) is 0 Å². The van der Waals surface area contributed by atoms with Crippen molar-refractivity contribution >= 4 is 33.2 Å². The standard InChI is InChI=1S/C15H15BrClN/c1-2-11-5-3-4-6-12(11)10-18-13-7-8-15(17)14(16)9-13/h3-9,18H,2,10H2,1H3. The van der Waals surface area contributed by atoms with Crippen LogP contribution in [0.2, 0.25) is 5.02 Å². The van der Waals surface area contributed by atoms with E-state index in [1.54, 1.807) is 0 Å². The Bertz CT molecular complexity index is 540. The molecule has 0 saturated carbocycles. The van der Waals surface area contributed by atoms with Gasteiger partial charge >= 0.3 is 0 Å². The van der Waals surface area contributed by atoms with E-state index in [1.165, 1.54) is 11.1 Å². The summed E-state index contributed by atoms with van der Waals surface area (Å²) >= 11 is 9.40. The molecule has 94 valence electrons. The fourth-order valence-electron chi connectivity index (χ4n) is 1.88. The monoisotopic (exact) mass is 323 g/mol. The molecule has 0 unspecified atom stereocenters. The highest BCUT2D eigenvalue weighted by molar-refractivity contribution is 9.10. The fourth-order valence-corrected chi connectivity index (χ4v) is 2.37. The van der Waals surface area contributed by atoms with E-state index in [2.05, 4.69) is 52.4 Å². The molecule has 1 nitrogen and oxygen atoms in total. The molecule has 3 heteroatoms. The third kappa shape index (κ3) is 3.27. The topological polar surface area (TPSA) is 12.0 Å². The molecular weight excluding hydrogens is 310 g/mol. The number of anilines is 1. The van der Waals surface area contributed by atoms with Crippen LogP contribution in [0, 0.1) is 0 Å². The van der Waals surface area contributed by atoms with Gasteiger partial charge in [-0.3, -0.25) is 0 Å². The Morgan fingerprint density at radius 2 is 1.83 bits per heavy atom. The van der Waals surface area contributed by atoms with E-state index in [4.69, 9.17) is 11.6 Å². The largest absolute Gasteiger partial charge is 0.381 e. The molecule has 2 aromatic carbocycles. The van der Waals surface area contributed by atoms with Gasteiger partial charge in [-0.1, -0.05) is 42.8 Å². The van der Waals surface area contributed by atoms with E-state index in [0.717, 1.165) is 28.1 Å². The molecule has 2 rings (SSSR count). The van der Waals surface area contributed by atoms with Crippen LogP contribution in [0.15, 0.2) is 46.9 Å². The van der Waals surface area contributed by atoms with Crippen molar-refractivity contribution in [2.24, 2.45) is 0 Å². The van der Waals surface area contributed by atoms with Crippen LogP contribution in [-0.4, -0.2) is 0 Å². The van der Waals surface area contributed by atoms with Crippen molar-refractivity contribution < 1.29 is 0 Å². The lowest BCUT2D eigenvalue weighted by Gasteiger charge is -2.11. The second-order valence-electron chi connectivity index (χ2n) is 4.10. The molecule has 0 aromatic heterocycles. The van der Waals surface area contributed by atoms with Crippen LogP contribution in [-0.2, 0) is 13.0 Å². The molecule has 0 saturated heterocycles. The number of benzene rings is 2. The van der Waals surface area contributed by atoms with Crippen LogP contribution < -0.4 is 5.32 Å². The molecule has 2 aromatic rings. The maximum absolute atomic E-state index is 5.97. The van der Waals surface area contributed by atoms with Crippen molar-refractivity contribution in [2.75, 3.05) is 5.32 Å². The number of hydrogen-bond acceptors (Lipinski definition) is 1. The van der Waals surface area contributed by atoms with Crippen molar-refractivity contribution in [2.45, 2.75) is 19.9 Å². The molecule has 0 amide bonds. The molecular formula is C15H15BrClN. The maximum atomic E-state index is 5.97. The van der Waals surface area contributed by atoms with Gasteiger partial charge in [-0.05, 0) is 51.7 Å². The van der Waals surface area contributed by atoms with Gasteiger partial charge in [0.05, 0.1) is 5.02 Å². The highest BCUT2D eigenvalue weighted by Gasteiger charge is 2.01. The Hall–Kier alpha value is -0.990. The van der Waals surface area contributed by atoms with E-state index in [-0.39, 0.29) is 0 Å². The van der Waals surface area contributed by atoms with E-state index in [9.17, 15) is 0 Å². The Morgan fingerprint density at radius 1 is 1.11 bits per heavy atom. The number of nitrogens with one attached hydrogen (secondary N) is 1. The molecule has 0 aliphatic rings. The predicted octanol–water partition coefficient (Wildman–Crippen LogP) is 5.28. The van der Waals surface area contributed by atoms with Crippen LogP contribution in [0.3, 0.4) is 0 Å². The quantitative estimate of drug-likeness (QED) is 0.807. The Labute approximate surface area is 121 Å². The summed E-state index contributed by atoms with van der Waals surface area (Å²) in [6, 6.07) is 14.4. The van der Waals surface area contributed by atoms with E-state index in [1.807, 2.05) is 18.2 Å². The lowest BCUT2D eigenvalue weighted by atomic mass is 10.1. The summed E-state index contributed by atoms with van der Waals surface area (Å²) < 4.78 is 0.915. The van der Waals surface area contributed by atoms with Crippen molar-refractivity contribution in [3.63, 3.8) is 0 Å². The first-order chi connectivity index (χ1) is 8.70. The second-order valence-corrected chi connectivity index (χ2v) is 5.37. The summed E-state index contributed by atoms with van der Waals surface area (Å²) in [5.41, 5.74) is 3.79. The van der Waals surface area contributed by atoms with Gasteiger partial charge in [0.25, 0.3) is 0 Å². The first-order valence-electron chi connectivity index (χ1n) is 5.96. The smallest absolute Gasteiger partial charge is 0.0549 e. The first kappa shape index (κ1) is 13.4. The molecule has 0 aliphatic heterocycles. The van der Waals surface area contributed by atoms with Crippen LogP contribution in [0.25, 0.3) is 0 Å². The minimum Gasteiger partial charge on any atom is -0.381 e. The molecule has 0 atom stereocenters. The van der Waals surface area contributed by atoms with Crippen molar-refractivity contribution in [3.05, 3.63) is 63.1 Å². The maximum Gasteiger partial charge on any atom is 0.0549 e. The third-order valence-corrected chi connectivity index (χ3v) is 4.12. The summed E-state index contributed by atoms with van der Waals surface area (Å²) in [7, 11) is 0. The van der Waals surface area contributed by atoms with Crippen LogP contribution in [0.1, 0.15) is 18.1 Å². The summed E-state index contributed by atoms with van der Waals surface area (Å²) in [5, 5.41) is 4.15. The van der Waals surface area contributed by atoms with Crippen molar-refractivity contribution in [1.82, 2.24) is 0 Å². The van der Waals surface area contributed by atoms with Gasteiger partial charge < -0.3 is 5.32 Å². The van der Waals surface area contributed by atoms with Crippen molar-refractivity contribution in [3.8, 4) is 0 Å². The normalized spacial score (nSPS) is 10.4. The van der Waals surface area contributed by atoms with Gasteiger partial charge in [-0.25, -0.2) is 0 Å². The van der Waals surface area contributed by atoms with Gasteiger partial charge in [0.15, 0.2) is 0 Å². The minimum absolute atomic E-state index is 0.731. The Morgan fingerprint density at radius 3 is 2.50 bits per heavy atom. The van der Waals surface area contributed by atoms with E-state index >= 15 is 0 Å². The highest BCUT2D eigenvalue weighted by atomic mass is 79.9. The fraction of sp³-hybridized carbons (Fsp3) is 0.200. The molecule has 0 aliphatic carbocycles. The highest BCUT2D eigenvalue weighted by Crippen LogP contribution is 2.26. The molecule has 0 bridgehead atoms. The zero-order valence-electron chi connectivity index (χ0n) is 10.2. The molecule has 1 N–H and O–H groups in total. The minimum atomic E-state index is 0.731. The van der Waals surface area contributed by atoms with Crippen LogP contribution >= 0.6 is 27.5 Å². The molecule has 0 radical (unpaired) electrons. The lowest BCUT2D eigenvalue weighted by Crippen LogP contribution is -2.02. The second kappa shape index (κ2) is 6.26. The van der Waals surface area contributed by atoms with Crippen LogP contribution in [0.4, 0.5) is 5.69 Å². The van der Waals surface area contributed by atoms with Gasteiger partial charge in [0, 0.05) is 16.7 Å². The third-order valence-electron chi connectivity index (χ3n) is 2.90. The van der Waals surface area contributed by atoms with Gasteiger partial charge in [0.2, 0.25) is 0 Å². The zero-order valence-corrected chi connectivity index (χ0v) is 12.6. The van der Waals surface area contributed by atoms with Gasteiger partial charge in [-0.15, -0.1) is 0 Å². The van der Waals surface area contributed by atoms with Gasteiger partial charge in [-0.2, -0.15) is 0 Å². The number of rotatable bonds is 4. The summed E-state index contributed by atoms with van der Waals surface area (Å²) in [6.07, 6.45) is 1.06. The summed E-state index contributed by atoms with van der Waals surface area (Å²) in [5.74, 6) is 0. The molecule has 0 fully saturated rings. The average Bonchev–Trinajstić information content (AvgIpc) is 2.40. The van der Waals surface area contributed by atoms with E-state index in [0.29, 0.717) is 0 Å². The summed E-state index contributed by atoms with van der Waals surface area (Å²) in [6.45, 7) is 3.01. The van der Waals surface area contributed by atoms with Crippen LogP contribution in [0.5, 0.6) is 0 Å². The zero-order chi connectivity index (χ0) is 13.0. The SMILES string of the molecule is CCc1ccccc1CNc1ccc(Cl)c(Br)c1. The molecule has 0 spiro atoms. The lowest BCUT2D eigenvalue weighted by molar-refractivity contribution is 1.04. The Kier molecular flexibility index (Phi) is 4.67. The summed E-state index contributed by atoms with van der Waals surface area (Å²) in [4.78, 5) is 0. The molecule has 18 heavy (non-hydrogen) atoms. The first-order valence-corrected chi connectivity index (χ1v) is 7.13.